The first-order valence-electron chi connectivity index (χ1n) is 5.11. The van der Waals surface area contributed by atoms with E-state index in [0.717, 1.165) is 6.42 Å². The molecule has 0 bridgehead atoms. The van der Waals surface area contributed by atoms with Crippen LogP contribution in [0.1, 0.15) is 20.3 Å². The van der Waals surface area contributed by atoms with Crippen LogP contribution in [0.25, 0.3) is 0 Å². The van der Waals surface area contributed by atoms with E-state index in [1.54, 1.807) is 11.4 Å². The van der Waals surface area contributed by atoms with Crippen LogP contribution in [0.4, 0.5) is 0 Å². The summed E-state index contributed by atoms with van der Waals surface area (Å²) in [7, 11) is -1.26. The molecule has 0 aromatic carbocycles. The molecule has 4 nitrogen and oxygen atoms in total. The molecule has 2 atom stereocenters. The van der Waals surface area contributed by atoms with Crippen molar-refractivity contribution in [3.63, 3.8) is 0 Å². The van der Waals surface area contributed by atoms with Crippen LogP contribution in [0.3, 0.4) is 0 Å². The van der Waals surface area contributed by atoms with Crippen molar-refractivity contribution in [2.24, 2.45) is 5.92 Å². The van der Waals surface area contributed by atoms with Crippen molar-refractivity contribution in [1.82, 2.24) is 9.62 Å². The fourth-order valence-corrected chi connectivity index (χ4v) is 3.81. The second-order valence-corrected chi connectivity index (χ2v) is 6.22. The average Bonchev–Trinajstić information content (AvgIpc) is 2.42. The van der Waals surface area contributed by atoms with Crippen molar-refractivity contribution >= 4 is 10.0 Å². The summed E-state index contributed by atoms with van der Waals surface area (Å²) in [4.78, 5) is 0. The molecule has 0 spiro atoms. The van der Waals surface area contributed by atoms with Gasteiger partial charge in [-0.1, -0.05) is 6.92 Å². The smallest absolute Gasteiger partial charge is 0.215 e. The maximum absolute atomic E-state index is 11.8. The van der Waals surface area contributed by atoms with Crippen LogP contribution in [0, 0.1) is 5.92 Å². The summed E-state index contributed by atoms with van der Waals surface area (Å²) in [5.41, 5.74) is 0. The van der Waals surface area contributed by atoms with Gasteiger partial charge in [0.1, 0.15) is 0 Å². The fourth-order valence-electron chi connectivity index (χ4n) is 2.00. The molecule has 84 valence electrons. The number of rotatable bonds is 4. The summed E-state index contributed by atoms with van der Waals surface area (Å²) in [5, 5.41) is 2.87. The molecule has 1 fully saturated rings. The highest BCUT2D eigenvalue weighted by Gasteiger charge is 2.34. The predicted octanol–water partition coefficient (Wildman–Crippen LogP) is 0.266. The van der Waals surface area contributed by atoms with E-state index in [1.807, 2.05) is 6.92 Å². The second-order valence-electron chi connectivity index (χ2n) is 4.18. The topological polar surface area (TPSA) is 49.4 Å². The Morgan fingerprint density at radius 1 is 1.43 bits per heavy atom. The van der Waals surface area contributed by atoms with E-state index < -0.39 is 10.0 Å². The molecule has 1 N–H and O–H groups in total. The zero-order chi connectivity index (χ0) is 10.8. The van der Waals surface area contributed by atoms with Crippen molar-refractivity contribution in [3.8, 4) is 0 Å². The Morgan fingerprint density at radius 3 is 2.50 bits per heavy atom. The van der Waals surface area contributed by atoms with Crippen LogP contribution >= 0.6 is 0 Å². The standard InChI is InChI=1S/C9H20N2O2S/c1-8-6-9(2)11(7-8)14(12,13)5-4-10-3/h8-10H,4-7H2,1-3H3. The lowest BCUT2D eigenvalue weighted by Crippen LogP contribution is -2.38. The SMILES string of the molecule is CNCCS(=O)(=O)N1CC(C)CC1C. The first-order valence-corrected chi connectivity index (χ1v) is 6.72. The molecule has 0 aromatic heterocycles. The Labute approximate surface area is 86.7 Å². The molecule has 1 rings (SSSR count). The Balaban J connectivity index is 2.63. The van der Waals surface area contributed by atoms with Crippen molar-refractivity contribution in [2.75, 3.05) is 25.9 Å². The van der Waals surface area contributed by atoms with Gasteiger partial charge < -0.3 is 5.32 Å². The Kier molecular flexibility index (Phi) is 3.92. The van der Waals surface area contributed by atoms with Gasteiger partial charge >= 0.3 is 0 Å². The zero-order valence-corrected chi connectivity index (χ0v) is 9.97. The van der Waals surface area contributed by atoms with Gasteiger partial charge in [-0.2, -0.15) is 4.31 Å². The lowest BCUT2D eigenvalue weighted by atomic mass is 10.1. The summed E-state index contributed by atoms with van der Waals surface area (Å²) in [6.07, 6.45) is 0.985. The molecule has 0 aliphatic carbocycles. The van der Waals surface area contributed by atoms with Gasteiger partial charge in [0.2, 0.25) is 10.0 Å². The van der Waals surface area contributed by atoms with Crippen LogP contribution in [0.5, 0.6) is 0 Å². The fraction of sp³-hybridized carbons (Fsp3) is 1.00. The Morgan fingerprint density at radius 2 is 2.07 bits per heavy atom. The summed E-state index contributed by atoms with van der Waals surface area (Å²) in [5.74, 6) is 0.704. The maximum atomic E-state index is 11.8. The van der Waals surface area contributed by atoms with Crippen LogP contribution in [-0.2, 0) is 10.0 Å². The second kappa shape index (κ2) is 4.59. The number of sulfonamides is 1. The number of nitrogens with one attached hydrogen (secondary N) is 1. The molecule has 0 amide bonds. The Hall–Kier alpha value is -0.130. The van der Waals surface area contributed by atoms with E-state index in [0.29, 0.717) is 19.0 Å². The van der Waals surface area contributed by atoms with Crippen molar-refractivity contribution < 1.29 is 8.42 Å². The van der Waals surface area contributed by atoms with Gasteiger partial charge in [-0.15, -0.1) is 0 Å². The molecule has 1 aliphatic heterocycles. The normalized spacial score (nSPS) is 29.6. The van der Waals surface area contributed by atoms with Crippen LogP contribution in [0.2, 0.25) is 0 Å². The van der Waals surface area contributed by atoms with Gasteiger partial charge in [0.05, 0.1) is 5.75 Å². The number of hydrogen-bond acceptors (Lipinski definition) is 3. The molecule has 14 heavy (non-hydrogen) atoms. The van der Waals surface area contributed by atoms with E-state index in [9.17, 15) is 8.42 Å². The molecule has 2 unspecified atom stereocenters. The third-order valence-electron chi connectivity index (χ3n) is 2.69. The molecule has 0 radical (unpaired) electrons. The van der Waals surface area contributed by atoms with Gasteiger partial charge in [-0.25, -0.2) is 8.42 Å². The number of nitrogens with zero attached hydrogens (tertiary/aromatic N) is 1. The molecule has 0 saturated carbocycles. The van der Waals surface area contributed by atoms with Crippen molar-refractivity contribution in [1.29, 1.82) is 0 Å². The largest absolute Gasteiger partial charge is 0.319 e. The highest BCUT2D eigenvalue weighted by molar-refractivity contribution is 7.89. The van der Waals surface area contributed by atoms with Crippen molar-refractivity contribution in [2.45, 2.75) is 26.3 Å². The van der Waals surface area contributed by atoms with Gasteiger partial charge in [0.25, 0.3) is 0 Å². The molecule has 1 aliphatic rings. The van der Waals surface area contributed by atoms with E-state index in [-0.39, 0.29) is 11.8 Å². The lowest BCUT2D eigenvalue weighted by Gasteiger charge is -2.20. The van der Waals surface area contributed by atoms with E-state index >= 15 is 0 Å². The summed E-state index contributed by atoms with van der Waals surface area (Å²) in [6.45, 7) is 5.30. The van der Waals surface area contributed by atoms with Crippen LogP contribution < -0.4 is 5.32 Å². The maximum Gasteiger partial charge on any atom is 0.215 e. The monoisotopic (exact) mass is 220 g/mol. The highest BCUT2D eigenvalue weighted by Crippen LogP contribution is 2.25. The highest BCUT2D eigenvalue weighted by atomic mass is 32.2. The molecule has 5 heteroatoms. The summed E-state index contributed by atoms with van der Waals surface area (Å²) >= 11 is 0. The van der Waals surface area contributed by atoms with Gasteiger partial charge in [-0.3, -0.25) is 0 Å². The molecular formula is C9H20N2O2S. The summed E-state index contributed by atoms with van der Waals surface area (Å²) in [6, 6.07) is 0.173. The average molecular weight is 220 g/mol. The molecule has 0 aromatic rings. The van der Waals surface area contributed by atoms with E-state index in [4.69, 9.17) is 0 Å². The van der Waals surface area contributed by atoms with E-state index in [2.05, 4.69) is 12.2 Å². The first-order chi connectivity index (χ1) is 6.47. The molecular weight excluding hydrogens is 200 g/mol. The lowest BCUT2D eigenvalue weighted by molar-refractivity contribution is 0.405. The Bertz CT molecular complexity index is 277. The van der Waals surface area contributed by atoms with Gasteiger partial charge in [-0.05, 0) is 26.3 Å². The third kappa shape index (κ3) is 2.68. The van der Waals surface area contributed by atoms with Crippen LogP contribution in [-0.4, -0.2) is 44.7 Å². The first kappa shape index (κ1) is 11.9. The molecule has 1 heterocycles. The minimum absolute atomic E-state index is 0.173. The molecule has 1 saturated heterocycles. The number of hydrogen-bond donors (Lipinski definition) is 1. The third-order valence-corrected chi connectivity index (χ3v) is 4.64. The minimum atomic E-state index is -3.03. The van der Waals surface area contributed by atoms with E-state index in [1.165, 1.54) is 0 Å². The van der Waals surface area contributed by atoms with Crippen molar-refractivity contribution in [3.05, 3.63) is 0 Å². The van der Waals surface area contributed by atoms with Gasteiger partial charge in [0, 0.05) is 19.1 Å². The summed E-state index contributed by atoms with van der Waals surface area (Å²) < 4.78 is 25.3. The quantitative estimate of drug-likeness (QED) is 0.739. The minimum Gasteiger partial charge on any atom is -0.319 e. The predicted molar refractivity (Wildman–Crippen MR) is 57.7 cm³/mol. The van der Waals surface area contributed by atoms with Gasteiger partial charge in [0.15, 0.2) is 0 Å². The van der Waals surface area contributed by atoms with Crippen LogP contribution in [0.15, 0.2) is 0 Å². The zero-order valence-electron chi connectivity index (χ0n) is 9.16.